The van der Waals surface area contributed by atoms with E-state index in [1.165, 1.54) is 0 Å². The smallest absolute Gasteiger partial charge is 0.304 e. The second kappa shape index (κ2) is 6.89. The fraction of sp³-hybridized carbons (Fsp3) is 0.429. The molecule has 1 unspecified atom stereocenters. The van der Waals surface area contributed by atoms with E-state index >= 15 is 0 Å². The van der Waals surface area contributed by atoms with Crippen molar-refractivity contribution in [2.45, 2.75) is 32.9 Å². The molecular weight excluding hydrogens is 244 g/mol. The summed E-state index contributed by atoms with van der Waals surface area (Å²) >= 11 is 0. The highest BCUT2D eigenvalue weighted by Gasteiger charge is 2.17. The first kappa shape index (κ1) is 15.2. The van der Waals surface area contributed by atoms with Crippen LogP contribution in [-0.2, 0) is 11.3 Å². The summed E-state index contributed by atoms with van der Waals surface area (Å²) in [6, 6.07) is 7.05. The molecule has 19 heavy (non-hydrogen) atoms. The quantitative estimate of drug-likeness (QED) is 0.781. The molecule has 0 fully saturated rings. The molecule has 0 radical (unpaired) electrons. The molecule has 104 valence electrons. The molecule has 1 atom stereocenters. The Hall–Kier alpha value is -1.88. The van der Waals surface area contributed by atoms with Crippen LogP contribution in [0.25, 0.3) is 0 Å². The van der Waals surface area contributed by atoms with Crippen molar-refractivity contribution in [2.24, 2.45) is 5.73 Å². The lowest BCUT2D eigenvalue weighted by Gasteiger charge is -2.27. The fourth-order valence-electron chi connectivity index (χ4n) is 2.08. The summed E-state index contributed by atoms with van der Waals surface area (Å²) < 4.78 is 0. The molecule has 0 saturated carbocycles. The highest BCUT2D eigenvalue weighted by Crippen LogP contribution is 2.14. The van der Waals surface area contributed by atoms with E-state index in [0.29, 0.717) is 18.7 Å². The molecule has 0 saturated heterocycles. The zero-order chi connectivity index (χ0) is 14.4. The number of aliphatic carboxylic acids is 1. The number of carboxylic acid groups (broad SMARTS) is 1. The van der Waals surface area contributed by atoms with E-state index in [9.17, 15) is 9.59 Å². The first-order valence-corrected chi connectivity index (χ1v) is 6.29. The van der Waals surface area contributed by atoms with E-state index in [4.69, 9.17) is 10.8 Å². The zero-order valence-electron chi connectivity index (χ0n) is 11.3. The van der Waals surface area contributed by atoms with Gasteiger partial charge in [0.15, 0.2) is 0 Å². The summed E-state index contributed by atoms with van der Waals surface area (Å²) in [5, 5.41) is 8.84. The number of hydrogen-bond donors (Lipinski definition) is 2. The van der Waals surface area contributed by atoms with Crippen LogP contribution in [0.1, 0.15) is 36.2 Å². The maximum Gasteiger partial charge on any atom is 0.304 e. The second-order valence-electron chi connectivity index (χ2n) is 4.53. The Morgan fingerprint density at radius 3 is 2.53 bits per heavy atom. The average molecular weight is 264 g/mol. The number of carboxylic acids is 1. The van der Waals surface area contributed by atoms with E-state index in [1.807, 2.05) is 30.9 Å². The number of carbonyl (C=O) groups is 2. The third-order valence-electron chi connectivity index (χ3n) is 3.16. The van der Waals surface area contributed by atoms with Gasteiger partial charge in [-0.3, -0.25) is 14.5 Å². The summed E-state index contributed by atoms with van der Waals surface area (Å²) in [6.07, 6.45) is 0.0760. The molecule has 0 bridgehead atoms. The second-order valence-corrected chi connectivity index (χ2v) is 4.53. The molecular formula is C14H20N2O3. The predicted molar refractivity (Wildman–Crippen MR) is 72.8 cm³/mol. The van der Waals surface area contributed by atoms with Crippen LogP contribution in [0, 0.1) is 0 Å². The number of amides is 1. The molecule has 3 N–H and O–H groups in total. The molecule has 0 aliphatic carbocycles. The molecule has 0 heterocycles. The summed E-state index contributed by atoms with van der Waals surface area (Å²) in [6.45, 7) is 5.06. The topological polar surface area (TPSA) is 83.6 Å². The lowest BCUT2D eigenvalue weighted by Crippen LogP contribution is -2.34. The number of nitrogens with zero attached hydrogens (tertiary/aromatic N) is 1. The van der Waals surface area contributed by atoms with Crippen molar-refractivity contribution < 1.29 is 14.7 Å². The Labute approximate surface area is 113 Å². The van der Waals surface area contributed by atoms with Crippen molar-refractivity contribution in [1.82, 2.24) is 4.90 Å². The van der Waals surface area contributed by atoms with Crippen molar-refractivity contribution in [1.29, 1.82) is 0 Å². The van der Waals surface area contributed by atoms with Crippen molar-refractivity contribution in [2.75, 3.05) is 6.54 Å². The molecule has 5 heteroatoms. The Morgan fingerprint density at radius 2 is 2.00 bits per heavy atom. The molecule has 1 amide bonds. The first-order valence-electron chi connectivity index (χ1n) is 6.29. The summed E-state index contributed by atoms with van der Waals surface area (Å²) in [5.41, 5.74) is 6.65. The summed E-state index contributed by atoms with van der Waals surface area (Å²) in [4.78, 5) is 24.1. The highest BCUT2D eigenvalue weighted by molar-refractivity contribution is 5.94. The fourth-order valence-corrected chi connectivity index (χ4v) is 2.08. The minimum atomic E-state index is -0.825. The van der Waals surface area contributed by atoms with Gasteiger partial charge in [-0.05, 0) is 25.1 Å². The van der Waals surface area contributed by atoms with Gasteiger partial charge in [0.1, 0.15) is 0 Å². The standard InChI is InChI=1S/C14H20N2O3/c1-3-16(10(2)8-13(17)18)9-11-6-4-5-7-12(11)14(15)19/h4-7,10H,3,8-9H2,1-2H3,(H2,15,19)(H,17,18). The largest absolute Gasteiger partial charge is 0.481 e. The van der Waals surface area contributed by atoms with Gasteiger partial charge in [-0.2, -0.15) is 0 Å². The van der Waals surface area contributed by atoms with Gasteiger partial charge in [0, 0.05) is 18.2 Å². The first-order chi connectivity index (χ1) is 8.95. The zero-order valence-corrected chi connectivity index (χ0v) is 11.3. The molecule has 5 nitrogen and oxygen atoms in total. The van der Waals surface area contributed by atoms with E-state index in [0.717, 1.165) is 5.56 Å². The molecule has 1 aromatic rings. The number of rotatable bonds is 7. The SMILES string of the molecule is CCN(Cc1ccccc1C(N)=O)C(C)CC(=O)O. The lowest BCUT2D eigenvalue weighted by molar-refractivity contribution is -0.138. The average Bonchev–Trinajstić information content (AvgIpc) is 2.35. The maximum atomic E-state index is 11.3. The van der Waals surface area contributed by atoms with Gasteiger partial charge >= 0.3 is 5.97 Å². The van der Waals surface area contributed by atoms with Crippen molar-refractivity contribution in [3.63, 3.8) is 0 Å². The minimum absolute atomic E-state index is 0.0760. The van der Waals surface area contributed by atoms with Gasteiger partial charge in [0.05, 0.1) is 6.42 Å². The Kier molecular flexibility index (Phi) is 5.51. The Bertz CT molecular complexity index is 460. The monoisotopic (exact) mass is 264 g/mol. The van der Waals surface area contributed by atoms with Crippen LogP contribution in [0.2, 0.25) is 0 Å². The Morgan fingerprint density at radius 1 is 1.37 bits per heavy atom. The Balaban J connectivity index is 2.86. The summed E-state index contributed by atoms with van der Waals surface area (Å²) in [7, 11) is 0. The molecule has 0 aromatic heterocycles. The van der Waals surface area contributed by atoms with Gasteiger partial charge in [0.25, 0.3) is 0 Å². The van der Waals surface area contributed by atoms with Crippen LogP contribution in [0.4, 0.5) is 0 Å². The third kappa shape index (κ3) is 4.37. The number of benzene rings is 1. The van der Waals surface area contributed by atoms with E-state index in [-0.39, 0.29) is 12.5 Å². The molecule has 0 spiro atoms. The molecule has 1 rings (SSSR count). The molecule has 0 aliphatic rings. The van der Waals surface area contributed by atoms with Crippen LogP contribution in [0.15, 0.2) is 24.3 Å². The van der Waals surface area contributed by atoms with Gasteiger partial charge in [-0.1, -0.05) is 25.1 Å². The van der Waals surface area contributed by atoms with Gasteiger partial charge in [-0.15, -0.1) is 0 Å². The number of primary amides is 1. The van der Waals surface area contributed by atoms with Crippen LogP contribution in [0.3, 0.4) is 0 Å². The normalized spacial score (nSPS) is 12.4. The number of hydrogen-bond acceptors (Lipinski definition) is 3. The van der Waals surface area contributed by atoms with Crippen LogP contribution >= 0.6 is 0 Å². The van der Waals surface area contributed by atoms with Crippen LogP contribution in [0.5, 0.6) is 0 Å². The third-order valence-corrected chi connectivity index (χ3v) is 3.16. The highest BCUT2D eigenvalue weighted by atomic mass is 16.4. The van der Waals surface area contributed by atoms with Crippen molar-refractivity contribution >= 4 is 11.9 Å². The summed E-state index contributed by atoms with van der Waals surface area (Å²) in [5.74, 6) is -1.29. The van der Waals surface area contributed by atoms with E-state index in [1.54, 1.807) is 12.1 Å². The van der Waals surface area contributed by atoms with Gasteiger partial charge < -0.3 is 10.8 Å². The maximum absolute atomic E-state index is 11.3. The predicted octanol–water partition coefficient (Wildman–Crippen LogP) is 1.47. The molecule has 0 aliphatic heterocycles. The van der Waals surface area contributed by atoms with Crippen LogP contribution in [-0.4, -0.2) is 34.5 Å². The van der Waals surface area contributed by atoms with Gasteiger partial charge in [0.2, 0.25) is 5.91 Å². The minimum Gasteiger partial charge on any atom is -0.481 e. The lowest BCUT2D eigenvalue weighted by atomic mass is 10.1. The number of carbonyl (C=O) groups excluding carboxylic acids is 1. The van der Waals surface area contributed by atoms with Crippen molar-refractivity contribution in [3.8, 4) is 0 Å². The number of nitrogens with two attached hydrogens (primary N) is 1. The van der Waals surface area contributed by atoms with Gasteiger partial charge in [-0.25, -0.2) is 0 Å². The van der Waals surface area contributed by atoms with Crippen molar-refractivity contribution in [3.05, 3.63) is 35.4 Å². The van der Waals surface area contributed by atoms with E-state index in [2.05, 4.69) is 0 Å². The van der Waals surface area contributed by atoms with Crippen LogP contribution < -0.4 is 5.73 Å². The van der Waals surface area contributed by atoms with E-state index < -0.39 is 11.9 Å². The molecule has 1 aromatic carbocycles.